The van der Waals surface area contributed by atoms with E-state index in [-0.39, 0.29) is 0 Å². The van der Waals surface area contributed by atoms with Crippen LogP contribution in [-0.2, 0) is 4.84 Å². The fraction of sp³-hybridized carbons (Fsp3) is 0.333. The van der Waals surface area contributed by atoms with Crippen LogP contribution >= 0.6 is 15.9 Å². The Balaban J connectivity index is 2.45. The normalized spacial score (nSPS) is 19.8. The average molecular weight is 149 g/mol. The zero-order valence-corrected chi connectivity index (χ0v) is 4.60. The van der Waals surface area contributed by atoms with E-state index in [0.29, 0.717) is 6.61 Å². The summed E-state index contributed by atoms with van der Waals surface area (Å²) in [7, 11) is 0. The molecule has 0 aromatic heterocycles. The molecule has 0 aromatic rings. The Bertz CT molecular complexity index is 80.9. The van der Waals surface area contributed by atoms with Gasteiger partial charge in [0.2, 0.25) is 0 Å². The predicted octanol–water partition coefficient (Wildman–Crippen LogP) is 0.772. The summed E-state index contributed by atoms with van der Waals surface area (Å²) in [5.74, 6) is 0. The number of nitrogens with zero attached hydrogens (tertiary/aromatic N) is 1. The molecule has 6 heavy (non-hydrogen) atoms. The van der Waals surface area contributed by atoms with E-state index in [0.717, 1.165) is 4.48 Å². The number of hydrogen-bond donors (Lipinski definition) is 0. The summed E-state index contributed by atoms with van der Waals surface area (Å²) in [5, 5.41) is 0. The molecule has 0 bridgehead atoms. The van der Waals surface area contributed by atoms with Gasteiger partial charge in [0.15, 0.2) is 0 Å². The zero-order valence-electron chi connectivity index (χ0n) is 3.02. The van der Waals surface area contributed by atoms with Crippen LogP contribution in [0.3, 0.4) is 0 Å². The van der Waals surface area contributed by atoms with E-state index in [1.54, 1.807) is 6.20 Å². The van der Waals surface area contributed by atoms with Crippen LogP contribution in [0.1, 0.15) is 0 Å². The lowest BCUT2D eigenvalue weighted by Gasteiger charge is -1.78. The molecular weight excluding hydrogens is 146 g/mol. The number of hydroxylamine groups is 1. The van der Waals surface area contributed by atoms with Gasteiger partial charge < -0.3 is 0 Å². The molecule has 0 saturated carbocycles. The maximum Gasteiger partial charge on any atom is 0.110 e. The Morgan fingerprint density at radius 2 is 2.83 bits per heavy atom. The Labute approximate surface area is 44.3 Å². The molecule has 0 aromatic carbocycles. The first-order chi connectivity index (χ1) is 2.89. The number of hydrogen-bond acceptors (Lipinski definition) is 1. The van der Waals surface area contributed by atoms with E-state index in [1.807, 2.05) is 0 Å². The third kappa shape index (κ3) is 0.725. The molecule has 3 heteroatoms. The van der Waals surface area contributed by atoms with Crippen LogP contribution in [0.15, 0.2) is 10.7 Å². The second kappa shape index (κ2) is 1.62. The second-order valence-electron chi connectivity index (χ2n) is 0.955. The summed E-state index contributed by atoms with van der Waals surface area (Å²) >= 11 is 3.18. The van der Waals surface area contributed by atoms with Crippen LogP contribution in [0.25, 0.3) is 0 Å². The lowest BCUT2D eigenvalue weighted by molar-refractivity contribution is 0.107. The molecule has 1 rings (SSSR count). The van der Waals surface area contributed by atoms with Crippen LogP contribution in [0.2, 0.25) is 0 Å². The molecule has 1 heterocycles. The van der Waals surface area contributed by atoms with Gasteiger partial charge >= 0.3 is 0 Å². The van der Waals surface area contributed by atoms with Gasteiger partial charge in [0.25, 0.3) is 0 Å². The molecule has 0 N–H and O–H groups in total. The summed E-state index contributed by atoms with van der Waals surface area (Å²) in [6.07, 6.45) is 1.64. The van der Waals surface area contributed by atoms with Crippen molar-refractivity contribution in [3.05, 3.63) is 10.7 Å². The standard InChI is InChI=1S/C3H3BrNO/c4-3-1-5-6-2-3/h1H,2H2. The van der Waals surface area contributed by atoms with Crippen LogP contribution in [-0.4, -0.2) is 6.61 Å². The Kier molecular flexibility index (Phi) is 1.12. The molecule has 1 aliphatic heterocycles. The third-order valence-electron chi connectivity index (χ3n) is 0.470. The van der Waals surface area contributed by atoms with E-state index < -0.39 is 0 Å². The average Bonchev–Trinajstić information content (AvgIpc) is 1.86. The van der Waals surface area contributed by atoms with Gasteiger partial charge in [-0.1, -0.05) is 15.9 Å². The van der Waals surface area contributed by atoms with Gasteiger partial charge in [-0.05, 0) is 0 Å². The van der Waals surface area contributed by atoms with Gasteiger partial charge in [0.05, 0.1) is 6.20 Å². The fourth-order valence-electron chi connectivity index (χ4n) is 0.231. The molecule has 0 amide bonds. The highest BCUT2D eigenvalue weighted by Crippen LogP contribution is 2.07. The second-order valence-corrected chi connectivity index (χ2v) is 1.97. The molecule has 1 radical (unpaired) electrons. The highest BCUT2D eigenvalue weighted by molar-refractivity contribution is 9.11. The minimum atomic E-state index is 0.597. The first-order valence-electron chi connectivity index (χ1n) is 1.56. The molecule has 0 spiro atoms. The van der Waals surface area contributed by atoms with E-state index in [9.17, 15) is 0 Å². The lowest BCUT2D eigenvalue weighted by Crippen LogP contribution is -1.86. The molecule has 2 nitrogen and oxygen atoms in total. The molecule has 33 valence electrons. The molecule has 0 aliphatic carbocycles. The van der Waals surface area contributed by atoms with E-state index in [2.05, 4.69) is 26.2 Å². The first-order valence-corrected chi connectivity index (χ1v) is 2.35. The molecule has 0 unspecified atom stereocenters. The highest BCUT2D eigenvalue weighted by Gasteiger charge is 1.98. The maximum atomic E-state index is 4.54. The molecule has 0 saturated heterocycles. The van der Waals surface area contributed by atoms with Gasteiger partial charge in [0.1, 0.15) is 6.61 Å². The van der Waals surface area contributed by atoms with Crippen molar-refractivity contribution in [3.8, 4) is 0 Å². The van der Waals surface area contributed by atoms with E-state index >= 15 is 0 Å². The van der Waals surface area contributed by atoms with Crippen molar-refractivity contribution in [2.45, 2.75) is 0 Å². The van der Waals surface area contributed by atoms with Gasteiger partial charge in [-0.25, -0.2) is 4.84 Å². The monoisotopic (exact) mass is 148 g/mol. The van der Waals surface area contributed by atoms with E-state index in [1.165, 1.54) is 0 Å². The Morgan fingerprint density at radius 3 is 3.00 bits per heavy atom. The van der Waals surface area contributed by atoms with Crippen LogP contribution in [0.4, 0.5) is 0 Å². The van der Waals surface area contributed by atoms with Crippen LogP contribution in [0.5, 0.6) is 0 Å². The van der Waals surface area contributed by atoms with Gasteiger partial charge in [0, 0.05) is 4.48 Å². The summed E-state index contributed by atoms with van der Waals surface area (Å²) in [4.78, 5) is 4.54. The quantitative estimate of drug-likeness (QED) is 0.498. The Hall–Kier alpha value is -0.0200. The van der Waals surface area contributed by atoms with Crippen molar-refractivity contribution >= 4 is 15.9 Å². The summed E-state index contributed by atoms with van der Waals surface area (Å²) in [5.41, 5.74) is 3.46. The largest absolute Gasteiger partial charge is 0.247 e. The van der Waals surface area contributed by atoms with Crippen molar-refractivity contribution < 1.29 is 4.84 Å². The van der Waals surface area contributed by atoms with Crippen molar-refractivity contribution in [1.82, 2.24) is 5.48 Å². The highest BCUT2D eigenvalue weighted by atomic mass is 79.9. The first kappa shape index (κ1) is 4.15. The maximum absolute atomic E-state index is 4.54. The third-order valence-corrected chi connectivity index (χ3v) is 0.903. The number of halogens is 1. The molecule has 0 atom stereocenters. The number of rotatable bonds is 0. The van der Waals surface area contributed by atoms with Crippen molar-refractivity contribution in [2.75, 3.05) is 6.61 Å². The fourth-order valence-corrected chi connectivity index (χ4v) is 0.417. The van der Waals surface area contributed by atoms with Crippen molar-refractivity contribution in [3.63, 3.8) is 0 Å². The predicted molar refractivity (Wildman–Crippen MR) is 25.1 cm³/mol. The Morgan fingerprint density at radius 1 is 2.00 bits per heavy atom. The minimum Gasteiger partial charge on any atom is -0.247 e. The van der Waals surface area contributed by atoms with Gasteiger partial charge in [-0.2, -0.15) is 0 Å². The minimum absolute atomic E-state index is 0.597. The molecule has 1 aliphatic rings. The molecular formula is C3H3BrNO. The summed E-state index contributed by atoms with van der Waals surface area (Å²) in [6, 6.07) is 0. The van der Waals surface area contributed by atoms with Crippen molar-refractivity contribution in [2.24, 2.45) is 0 Å². The SMILES string of the molecule is BrC1=C[N]OC1. The zero-order chi connectivity index (χ0) is 4.41. The van der Waals surface area contributed by atoms with Gasteiger partial charge in [-0.15, -0.1) is 5.48 Å². The van der Waals surface area contributed by atoms with Crippen LogP contribution < -0.4 is 5.48 Å². The van der Waals surface area contributed by atoms with Crippen molar-refractivity contribution in [1.29, 1.82) is 0 Å². The van der Waals surface area contributed by atoms with E-state index in [4.69, 9.17) is 0 Å². The van der Waals surface area contributed by atoms with Crippen LogP contribution in [0, 0.1) is 0 Å². The smallest absolute Gasteiger partial charge is 0.110 e. The molecule has 0 fully saturated rings. The summed E-state index contributed by atoms with van der Waals surface area (Å²) in [6.45, 7) is 0.597. The lowest BCUT2D eigenvalue weighted by atomic mass is 10.7. The summed E-state index contributed by atoms with van der Waals surface area (Å²) < 4.78 is 1.00. The van der Waals surface area contributed by atoms with Gasteiger partial charge in [-0.3, -0.25) is 0 Å². The topological polar surface area (TPSA) is 23.3 Å².